The fourth-order valence-corrected chi connectivity index (χ4v) is 2.45. The summed E-state index contributed by atoms with van der Waals surface area (Å²) < 4.78 is 0. The summed E-state index contributed by atoms with van der Waals surface area (Å²) in [5, 5.41) is 6.66. The van der Waals surface area contributed by atoms with Crippen molar-refractivity contribution in [2.45, 2.75) is 19.8 Å². The summed E-state index contributed by atoms with van der Waals surface area (Å²) in [5.74, 6) is 0.0832. The summed E-state index contributed by atoms with van der Waals surface area (Å²) in [5.41, 5.74) is 1.45. The van der Waals surface area contributed by atoms with Crippen LogP contribution in [0, 0.1) is 0 Å². The van der Waals surface area contributed by atoms with Crippen LogP contribution in [0.15, 0.2) is 24.3 Å². The Labute approximate surface area is 119 Å². The number of nitrogens with one attached hydrogen (secondary N) is 2. The summed E-state index contributed by atoms with van der Waals surface area (Å²) in [4.78, 5) is 14.3. The number of anilines is 1. The van der Waals surface area contributed by atoms with Crippen molar-refractivity contribution in [3.63, 3.8) is 0 Å². The van der Waals surface area contributed by atoms with Gasteiger partial charge in [-0.1, -0.05) is 12.1 Å². The lowest BCUT2D eigenvalue weighted by molar-refractivity contribution is 0.0794. The maximum absolute atomic E-state index is 12.4. The monoisotopic (exact) mass is 277 g/mol. The van der Waals surface area contributed by atoms with E-state index in [1.54, 1.807) is 0 Å². The molecular formula is C14H19N3OS. The van der Waals surface area contributed by atoms with Crippen molar-refractivity contribution in [1.82, 2.24) is 10.2 Å². The number of carbonyl (C=O) groups excluding carboxylic acids is 1. The highest BCUT2D eigenvalue weighted by Crippen LogP contribution is 2.19. The molecule has 4 nitrogen and oxygen atoms in total. The minimum Gasteiger partial charge on any atom is -0.363 e. The van der Waals surface area contributed by atoms with Crippen molar-refractivity contribution in [3.05, 3.63) is 29.8 Å². The van der Waals surface area contributed by atoms with Gasteiger partial charge in [0.1, 0.15) is 0 Å². The van der Waals surface area contributed by atoms with E-state index in [0.29, 0.717) is 10.7 Å². The molecule has 1 aromatic carbocycles. The van der Waals surface area contributed by atoms with Crippen molar-refractivity contribution < 1.29 is 4.79 Å². The molecule has 102 valence electrons. The number of hydrogen-bond acceptors (Lipinski definition) is 2. The molecule has 1 aliphatic rings. The zero-order valence-electron chi connectivity index (χ0n) is 11.1. The number of para-hydroxylation sites is 1. The maximum Gasteiger partial charge on any atom is 0.255 e. The van der Waals surface area contributed by atoms with E-state index < -0.39 is 0 Å². The van der Waals surface area contributed by atoms with Gasteiger partial charge in [-0.05, 0) is 44.1 Å². The van der Waals surface area contributed by atoms with E-state index in [0.717, 1.165) is 38.2 Å². The number of nitrogens with zero attached hydrogens (tertiary/aromatic N) is 1. The van der Waals surface area contributed by atoms with E-state index in [-0.39, 0.29) is 5.91 Å². The van der Waals surface area contributed by atoms with Gasteiger partial charge in [0, 0.05) is 19.6 Å². The van der Waals surface area contributed by atoms with Gasteiger partial charge in [0.05, 0.1) is 11.3 Å². The summed E-state index contributed by atoms with van der Waals surface area (Å²) >= 11 is 5.17. The van der Waals surface area contributed by atoms with Crippen LogP contribution in [0.25, 0.3) is 0 Å². The minimum atomic E-state index is 0.0832. The molecule has 1 fully saturated rings. The number of amides is 1. The molecule has 5 heteroatoms. The van der Waals surface area contributed by atoms with E-state index >= 15 is 0 Å². The molecule has 0 radical (unpaired) electrons. The smallest absolute Gasteiger partial charge is 0.255 e. The summed E-state index contributed by atoms with van der Waals surface area (Å²) in [6.45, 7) is 4.44. The van der Waals surface area contributed by atoms with Crippen LogP contribution < -0.4 is 10.6 Å². The highest BCUT2D eigenvalue weighted by Gasteiger charge is 2.21. The Morgan fingerprint density at radius 1 is 1.32 bits per heavy atom. The zero-order valence-corrected chi connectivity index (χ0v) is 11.9. The number of hydrogen-bond donors (Lipinski definition) is 2. The average Bonchev–Trinajstić information content (AvgIpc) is 2.93. The number of rotatable bonds is 3. The van der Waals surface area contributed by atoms with E-state index in [4.69, 9.17) is 12.2 Å². The molecule has 1 heterocycles. The quantitative estimate of drug-likeness (QED) is 0.832. The number of benzene rings is 1. The molecule has 0 atom stereocenters. The van der Waals surface area contributed by atoms with Gasteiger partial charge in [-0.2, -0.15) is 0 Å². The predicted octanol–water partition coefficient (Wildman–Crippen LogP) is 2.23. The van der Waals surface area contributed by atoms with Gasteiger partial charge in [-0.25, -0.2) is 0 Å². The topological polar surface area (TPSA) is 44.4 Å². The molecule has 1 amide bonds. The largest absolute Gasteiger partial charge is 0.363 e. The molecule has 0 saturated carbocycles. The van der Waals surface area contributed by atoms with Crippen molar-refractivity contribution in [2.24, 2.45) is 0 Å². The lowest BCUT2D eigenvalue weighted by Crippen LogP contribution is -2.31. The molecule has 0 spiro atoms. The van der Waals surface area contributed by atoms with E-state index in [9.17, 15) is 4.79 Å². The van der Waals surface area contributed by atoms with Crippen LogP contribution in [0.5, 0.6) is 0 Å². The van der Waals surface area contributed by atoms with Gasteiger partial charge < -0.3 is 15.5 Å². The molecule has 2 N–H and O–H groups in total. The summed E-state index contributed by atoms with van der Waals surface area (Å²) in [7, 11) is 0. The van der Waals surface area contributed by atoms with Gasteiger partial charge in [0.2, 0.25) is 0 Å². The van der Waals surface area contributed by atoms with Gasteiger partial charge in [0.25, 0.3) is 5.91 Å². The van der Waals surface area contributed by atoms with Crippen molar-refractivity contribution in [2.75, 3.05) is 25.0 Å². The summed E-state index contributed by atoms with van der Waals surface area (Å²) in [6.07, 6.45) is 2.19. The van der Waals surface area contributed by atoms with Crippen LogP contribution in [0.4, 0.5) is 5.69 Å². The van der Waals surface area contributed by atoms with Crippen LogP contribution in [0.2, 0.25) is 0 Å². The molecule has 1 aromatic rings. The first-order valence-electron chi connectivity index (χ1n) is 6.65. The van der Waals surface area contributed by atoms with Gasteiger partial charge in [-0.3, -0.25) is 4.79 Å². The molecule has 2 rings (SSSR count). The first kappa shape index (κ1) is 13.8. The molecule has 0 unspecified atom stereocenters. The second-order valence-electron chi connectivity index (χ2n) is 4.53. The fraction of sp³-hybridized carbons (Fsp3) is 0.429. The van der Waals surface area contributed by atoms with E-state index in [2.05, 4.69) is 10.6 Å². The fourth-order valence-electron chi connectivity index (χ4n) is 2.20. The predicted molar refractivity (Wildman–Crippen MR) is 81.5 cm³/mol. The van der Waals surface area contributed by atoms with Crippen LogP contribution in [0.1, 0.15) is 30.1 Å². The van der Waals surface area contributed by atoms with Crippen molar-refractivity contribution >= 4 is 28.9 Å². The van der Waals surface area contributed by atoms with Crippen molar-refractivity contribution in [1.29, 1.82) is 0 Å². The number of carbonyl (C=O) groups is 1. The van der Waals surface area contributed by atoms with Crippen LogP contribution in [-0.2, 0) is 0 Å². The lowest BCUT2D eigenvalue weighted by atomic mass is 10.1. The second kappa shape index (κ2) is 6.52. The Bertz CT molecular complexity index is 470. The Kier molecular flexibility index (Phi) is 4.74. The van der Waals surface area contributed by atoms with Gasteiger partial charge >= 0.3 is 0 Å². The van der Waals surface area contributed by atoms with E-state index in [1.165, 1.54) is 0 Å². The zero-order chi connectivity index (χ0) is 13.7. The summed E-state index contributed by atoms with van der Waals surface area (Å²) in [6, 6.07) is 7.51. The van der Waals surface area contributed by atoms with Crippen LogP contribution >= 0.6 is 12.2 Å². The molecule has 0 aromatic heterocycles. The Morgan fingerprint density at radius 3 is 2.68 bits per heavy atom. The molecule has 19 heavy (non-hydrogen) atoms. The van der Waals surface area contributed by atoms with Crippen molar-refractivity contribution in [3.8, 4) is 0 Å². The second-order valence-corrected chi connectivity index (χ2v) is 4.94. The first-order chi connectivity index (χ1) is 9.22. The Morgan fingerprint density at radius 2 is 2.00 bits per heavy atom. The first-order valence-corrected chi connectivity index (χ1v) is 7.06. The molecule has 0 bridgehead atoms. The molecule has 0 aliphatic carbocycles. The highest BCUT2D eigenvalue weighted by atomic mass is 32.1. The maximum atomic E-state index is 12.4. The third kappa shape index (κ3) is 3.44. The highest BCUT2D eigenvalue weighted by molar-refractivity contribution is 7.80. The van der Waals surface area contributed by atoms with Gasteiger partial charge in [-0.15, -0.1) is 0 Å². The Hall–Kier alpha value is -1.62. The molecule has 1 aliphatic heterocycles. The third-order valence-corrected chi connectivity index (χ3v) is 3.38. The molecule has 1 saturated heterocycles. The standard InChI is InChI=1S/C14H19N3OS/c1-2-15-14(19)16-12-8-4-3-7-11(12)13(18)17-9-5-6-10-17/h3-4,7-8H,2,5-6,9-10H2,1H3,(H2,15,16,19). The van der Waals surface area contributed by atoms with E-state index in [1.807, 2.05) is 36.1 Å². The Balaban J connectivity index is 2.15. The third-order valence-electron chi connectivity index (χ3n) is 3.14. The number of thiocarbonyl (C=S) groups is 1. The number of likely N-dealkylation sites (tertiary alicyclic amines) is 1. The van der Waals surface area contributed by atoms with Gasteiger partial charge in [0.15, 0.2) is 5.11 Å². The van der Waals surface area contributed by atoms with Crippen LogP contribution in [0.3, 0.4) is 0 Å². The SMILES string of the molecule is CCNC(=S)Nc1ccccc1C(=O)N1CCCC1. The van der Waals surface area contributed by atoms with Crippen LogP contribution in [-0.4, -0.2) is 35.6 Å². The normalized spacial score (nSPS) is 14.3. The average molecular weight is 277 g/mol. The minimum absolute atomic E-state index is 0.0832. The molecular weight excluding hydrogens is 258 g/mol. The lowest BCUT2D eigenvalue weighted by Gasteiger charge is -2.18.